The Bertz CT molecular complexity index is 389. The van der Waals surface area contributed by atoms with Gasteiger partial charge in [0.2, 0.25) is 0 Å². The molecule has 7 heteroatoms. The molecule has 0 saturated carbocycles. The van der Waals surface area contributed by atoms with Crippen LogP contribution in [0.25, 0.3) is 0 Å². The highest BCUT2D eigenvalue weighted by atomic mass is 16.4. The van der Waals surface area contributed by atoms with Crippen LogP contribution in [-0.2, 0) is 11.2 Å². The molecule has 0 saturated heterocycles. The van der Waals surface area contributed by atoms with E-state index < -0.39 is 12.0 Å². The summed E-state index contributed by atoms with van der Waals surface area (Å²) in [6.07, 6.45) is 3.36. The lowest BCUT2D eigenvalue weighted by Crippen LogP contribution is -2.38. The third kappa shape index (κ3) is 5.01. The predicted molar refractivity (Wildman–Crippen MR) is 60.7 cm³/mol. The summed E-state index contributed by atoms with van der Waals surface area (Å²) in [4.78, 5) is 21.2. The second-order valence-electron chi connectivity index (χ2n) is 3.63. The van der Waals surface area contributed by atoms with Gasteiger partial charge in [-0.2, -0.15) is 5.10 Å². The highest BCUT2D eigenvalue weighted by Crippen LogP contribution is 2.04. The van der Waals surface area contributed by atoms with E-state index >= 15 is 0 Å². The molecule has 1 aromatic rings. The van der Waals surface area contributed by atoms with Crippen molar-refractivity contribution < 1.29 is 14.7 Å². The van der Waals surface area contributed by atoms with Gasteiger partial charge < -0.3 is 15.7 Å². The molecule has 4 N–H and O–H groups in total. The fourth-order valence-corrected chi connectivity index (χ4v) is 1.33. The number of amides is 2. The highest BCUT2D eigenvalue weighted by Gasteiger charge is 2.03. The van der Waals surface area contributed by atoms with E-state index in [1.165, 1.54) is 0 Å². The Morgan fingerprint density at radius 2 is 2.24 bits per heavy atom. The molecule has 1 heterocycles. The van der Waals surface area contributed by atoms with Gasteiger partial charge in [-0.15, -0.1) is 0 Å². The first-order valence-electron chi connectivity index (χ1n) is 5.32. The Morgan fingerprint density at radius 3 is 2.82 bits per heavy atom. The third-order valence-corrected chi connectivity index (χ3v) is 2.24. The molecule has 0 spiro atoms. The number of nitrogens with one attached hydrogen (secondary N) is 3. The molecule has 0 radical (unpaired) electrons. The Balaban J connectivity index is 2.10. The zero-order valence-electron chi connectivity index (χ0n) is 9.62. The first kappa shape index (κ1) is 13.0. The van der Waals surface area contributed by atoms with Gasteiger partial charge in [0, 0.05) is 12.2 Å². The lowest BCUT2D eigenvalue weighted by molar-refractivity contribution is -0.135. The second-order valence-corrected chi connectivity index (χ2v) is 3.63. The molecule has 0 atom stereocenters. The van der Waals surface area contributed by atoms with Gasteiger partial charge in [-0.05, 0) is 25.3 Å². The molecule has 0 aromatic carbocycles. The molecular weight excluding hydrogens is 224 g/mol. The SMILES string of the molecule is Cc1[nH]ncc1CCCNC(=O)NCC(=O)O. The fourth-order valence-electron chi connectivity index (χ4n) is 1.33. The first-order chi connectivity index (χ1) is 8.09. The number of nitrogens with zero attached hydrogens (tertiary/aromatic N) is 1. The van der Waals surface area contributed by atoms with Crippen molar-refractivity contribution in [2.75, 3.05) is 13.1 Å². The molecule has 94 valence electrons. The van der Waals surface area contributed by atoms with Crippen LogP contribution < -0.4 is 10.6 Å². The van der Waals surface area contributed by atoms with E-state index in [0.717, 1.165) is 24.1 Å². The van der Waals surface area contributed by atoms with Crippen LogP contribution in [0.15, 0.2) is 6.20 Å². The number of aromatic amines is 1. The maximum absolute atomic E-state index is 11.1. The van der Waals surface area contributed by atoms with Crippen molar-refractivity contribution >= 4 is 12.0 Å². The minimum absolute atomic E-state index is 0.368. The van der Waals surface area contributed by atoms with Crippen LogP contribution in [0, 0.1) is 6.92 Å². The number of hydrogen-bond acceptors (Lipinski definition) is 3. The lowest BCUT2D eigenvalue weighted by atomic mass is 10.1. The topological polar surface area (TPSA) is 107 Å². The molecule has 17 heavy (non-hydrogen) atoms. The standard InChI is InChI=1S/C10H16N4O3/c1-7-8(5-13-14-7)3-2-4-11-10(17)12-6-9(15)16/h5H,2-4,6H2,1H3,(H,13,14)(H,15,16)(H2,11,12,17). The summed E-state index contributed by atoms with van der Waals surface area (Å²) in [7, 11) is 0. The van der Waals surface area contributed by atoms with Crippen LogP contribution in [0.1, 0.15) is 17.7 Å². The lowest BCUT2D eigenvalue weighted by Gasteiger charge is -2.05. The summed E-state index contributed by atoms with van der Waals surface area (Å²) in [5.41, 5.74) is 2.15. The zero-order chi connectivity index (χ0) is 12.7. The normalized spacial score (nSPS) is 9.94. The first-order valence-corrected chi connectivity index (χ1v) is 5.32. The van der Waals surface area contributed by atoms with Gasteiger partial charge in [-0.25, -0.2) is 4.79 Å². The minimum Gasteiger partial charge on any atom is -0.480 e. The van der Waals surface area contributed by atoms with Crippen LogP contribution >= 0.6 is 0 Å². The summed E-state index contributed by atoms with van der Waals surface area (Å²) in [6.45, 7) is 2.07. The van der Waals surface area contributed by atoms with E-state index in [1.807, 2.05) is 6.92 Å². The molecule has 1 aromatic heterocycles. The predicted octanol–water partition coefficient (Wildman–Crippen LogP) is 0.0345. The highest BCUT2D eigenvalue weighted by molar-refractivity contribution is 5.79. The number of rotatable bonds is 6. The van der Waals surface area contributed by atoms with Gasteiger partial charge in [-0.1, -0.05) is 0 Å². The summed E-state index contributed by atoms with van der Waals surface area (Å²) in [6, 6.07) is -0.462. The number of carbonyl (C=O) groups is 2. The van der Waals surface area contributed by atoms with E-state index in [1.54, 1.807) is 6.20 Å². The van der Waals surface area contributed by atoms with E-state index in [2.05, 4.69) is 20.8 Å². The van der Waals surface area contributed by atoms with Gasteiger partial charge in [0.05, 0.1) is 6.20 Å². The van der Waals surface area contributed by atoms with E-state index in [9.17, 15) is 9.59 Å². The molecule has 2 amide bonds. The van der Waals surface area contributed by atoms with Crippen molar-refractivity contribution in [1.29, 1.82) is 0 Å². The monoisotopic (exact) mass is 240 g/mol. The van der Waals surface area contributed by atoms with Gasteiger partial charge >= 0.3 is 12.0 Å². The van der Waals surface area contributed by atoms with Crippen LogP contribution in [-0.4, -0.2) is 40.4 Å². The van der Waals surface area contributed by atoms with Crippen LogP contribution in [0.5, 0.6) is 0 Å². The van der Waals surface area contributed by atoms with Crippen molar-refractivity contribution in [2.45, 2.75) is 19.8 Å². The fraction of sp³-hybridized carbons (Fsp3) is 0.500. The zero-order valence-corrected chi connectivity index (χ0v) is 9.62. The van der Waals surface area contributed by atoms with Crippen molar-refractivity contribution in [3.63, 3.8) is 0 Å². The Morgan fingerprint density at radius 1 is 1.47 bits per heavy atom. The molecule has 1 rings (SSSR count). The molecule has 0 unspecified atom stereocenters. The van der Waals surface area contributed by atoms with Crippen LogP contribution in [0.4, 0.5) is 4.79 Å². The number of aromatic nitrogens is 2. The summed E-state index contributed by atoms with van der Waals surface area (Å²) >= 11 is 0. The second kappa shape index (κ2) is 6.51. The van der Waals surface area contributed by atoms with Crippen molar-refractivity contribution in [2.24, 2.45) is 0 Å². The largest absolute Gasteiger partial charge is 0.480 e. The van der Waals surface area contributed by atoms with Crippen molar-refractivity contribution in [3.05, 3.63) is 17.5 Å². The maximum Gasteiger partial charge on any atom is 0.323 e. The number of hydrogen-bond donors (Lipinski definition) is 4. The van der Waals surface area contributed by atoms with Gasteiger partial charge in [0.1, 0.15) is 6.54 Å². The Kier molecular flexibility index (Phi) is 4.99. The maximum atomic E-state index is 11.1. The molecule has 0 fully saturated rings. The molecule has 0 aliphatic rings. The number of carboxylic acids is 1. The molecule has 7 nitrogen and oxygen atoms in total. The number of carbonyl (C=O) groups excluding carboxylic acids is 1. The number of urea groups is 1. The van der Waals surface area contributed by atoms with E-state index in [0.29, 0.717) is 6.54 Å². The summed E-state index contributed by atoms with van der Waals surface area (Å²) in [5, 5.41) is 19.9. The van der Waals surface area contributed by atoms with Gasteiger partial charge in [0.25, 0.3) is 0 Å². The minimum atomic E-state index is -1.06. The average Bonchev–Trinajstić information content (AvgIpc) is 2.68. The molecule has 0 aliphatic heterocycles. The average molecular weight is 240 g/mol. The van der Waals surface area contributed by atoms with Crippen LogP contribution in [0.3, 0.4) is 0 Å². The van der Waals surface area contributed by atoms with Gasteiger partial charge in [-0.3, -0.25) is 9.89 Å². The van der Waals surface area contributed by atoms with Crippen molar-refractivity contribution in [3.8, 4) is 0 Å². The summed E-state index contributed by atoms with van der Waals surface area (Å²) < 4.78 is 0. The smallest absolute Gasteiger partial charge is 0.323 e. The van der Waals surface area contributed by atoms with Crippen molar-refractivity contribution in [1.82, 2.24) is 20.8 Å². The number of H-pyrrole nitrogens is 1. The van der Waals surface area contributed by atoms with E-state index in [4.69, 9.17) is 5.11 Å². The third-order valence-electron chi connectivity index (χ3n) is 2.24. The molecule has 0 bridgehead atoms. The summed E-state index contributed by atoms with van der Waals surface area (Å²) in [5.74, 6) is -1.06. The number of aryl methyl sites for hydroxylation is 2. The van der Waals surface area contributed by atoms with E-state index in [-0.39, 0.29) is 6.54 Å². The quantitative estimate of drug-likeness (QED) is 0.526. The molecular formula is C10H16N4O3. The molecule has 0 aliphatic carbocycles. The van der Waals surface area contributed by atoms with Gasteiger partial charge in [0.15, 0.2) is 0 Å². The number of carboxylic acid groups (broad SMARTS) is 1. The number of aliphatic carboxylic acids is 1. The Hall–Kier alpha value is -2.05. The van der Waals surface area contributed by atoms with Crippen LogP contribution in [0.2, 0.25) is 0 Å². The Labute approximate surface area is 98.6 Å².